The third kappa shape index (κ3) is 5.33. The molecule has 6 heteroatoms. The number of esters is 1. The predicted molar refractivity (Wildman–Crippen MR) is 98.8 cm³/mol. The van der Waals surface area contributed by atoms with Crippen LogP contribution in [0.5, 0.6) is 5.75 Å². The summed E-state index contributed by atoms with van der Waals surface area (Å²) in [6.07, 6.45) is 0.307. The van der Waals surface area contributed by atoms with Crippen LogP contribution in [0.1, 0.15) is 25.8 Å². The van der Waals surface area contributed by atoms with Crippen LogP contribution in [0.2, 0.25) is 19.6 Å². The molecule has 0 saturated carbocycles. The molecule has 1 N–H and O–H groups in total. The molecule has 0 heterocycles. The number of ether oxygens (including phenoxy) is 2. The topological polar surface area (TPSA) is 56.8 Å². The van der Waals surface area contributed by atoms with Gasteiger partial charge in [-0.1, -0.05) is 19.1 Å². The summed E-state index contributed by atoms with van der Waals surface area (Å²) in [6.45, 7) is 10.8. The van der Waals surface area contributed by atoms with Gasteiger partial charge in [-0.15, -0.1) is 0 Å². The second-order valence-corrected chi connectivity index (χ2v) is 11.4. The largest absolute Gasteiger partial charge is 0.497 e. The maximum atomic E-state index is 12.5. The molecule has 2 atom stereocenters. The maximum absolute atomic E-state index is 12.5. The first-order chi connectivity index (χ1) is 11.2. The molecule has 1 aromatic rings. The van der Waals surface area contributed by atoms with Gasteiger partial charge in [0.2, 0.25) is 0 Å². The molecule has 0 aliphatic carbocycles. The summed E-state index contributed by atoms with van der Waals surface area (Å²) in [4.78, 5) is 12.5. The summed E-state index contributed by atoms with van der Waals surface area (Å²) >= 11 is 0. The van der Waals surface area contributed by atoms with Crippen LogP contribution < -0.4 is 10.1 Å². The molecule has 5 nitrogen and oxygen atoms in total. The molecule has 0 aromatic heterocycles. The third-order valence-electron chi connectivity index (χ3n) is 4.10. The Morgan fingerprint density at radius 1 is 1.21 bits per heavy atom. The van der Waals surface area contributed by atoms with E-state index in [9.17, 15) is 4.79 Å². The van der Waals surface area contributed by atoms with E-state index in [1.807, 2.05) is 38.1 Å². The Morgan fingerprint density at radius 2 is 1.79 bits per heavy atom. The summed E-state index contributed by atoms with van der Waals surface area (Å²) in [5.41, 5.74) is 0.201. The van der Waals surface area contributed by atoms with Gasteiger partial charge in [-0.05, 0) is 50.7 Å². The van der Waals surface area contributed by atoms with Gasteiger partial charge in [-0.3, -0.25) is 5.32 Å². The smallest absolute Gasteiger partial charge is 0.328 e. The normalized spacial score (nSPS) is 15.5. The van der Waals surface area contributed by atoms with Crippen molar-refractivity contribution < 1.29 is 18.7 Å². The van der Waals surface area contributed by atoms with Crippen molar-refractivity contribution in [2.75, 3.05) is 14.2 Å². The fraction of sp³-hybridized carbons (Fsp3) is 0.611. The molecular weight excluding hydrogens is 322 g/mol. The molecule has 0 bridgehead atoms. The Balaban J connectivity index is 2.97. The van der Waals surface area contributed by atoms with Crippen molar-refractivity contribution in [3.8, 4) is 5.75 Å². The number of methoxy groups -OCH3 is 2. The van der Waals surface area contributed by atoms with Gasteiger partial charge in [-0.2, -0.15) is 0 Å². The Labute approximate surface area is 146 Å². The Bertz CT molecular complexity index is 527. The summed E-state index contributed by atoms with van der Waals surface area (Å²) in [5, 5.41) is 3.39. The Kier molecular flexibility index (Phi) is 7.44. The highest BCUT2D eigenvalue weighted by atomic mass is 28.4. The molecule has 136 valence electrons. The van der Waals surface area contributed by atoms with Gasteiger partial charge in [0.15, 0.2) is 8.32 Å². The predicted octanol–water partition coefficient (Wildman–Crippen LogP) is 3.35. The number of carbonyl (C=O) groups is 1. The molecule has 0 aliphatic rings. The third-order valence-corrected chi connectivity index (χ3v) is 5.16. The average Bonchev–Trinajstić information content (AvgIpc) is 2.54. The molecular formula is C18H31NO4Si. The fourth-order valence-corrected chi connectivity index (χ4v) is 4.02. The van der Waals surface area contributed by atoms with Crippen molar-refractivity contribution >= 4 is 14.3 Å². The minimum atomic E-state index is -1.79. The highest BCUT2D eigenvalue weighted by Gasteiger charge is 2.45. The van der Waals surface area contributed by atoms with Crippen LogP contribution in [0, 0.1) is 0 Å². The lowest BCUT2D eigenvalue weighted by atomic mass is 9.89. The monoisotopic (exact) mass is 353 g/mol. The Hall–Kier alpha value is -1.37. The van der Waals surface area contributed by atoms with Crippen molar-refractivity contribution in [2.45, 2.75) is 58.1 Å². The van der Waals surface area contributed by atoms with Crippen LogP contribution in [-0.4, -0.2) is 40.1 Å². The van der Waals surface area contributed by atoms with E-state index in [0.717, 1.165) is 11.3 Å². The number of rotatable bonds is 9. The molecule has 1 rings (SSSR count). The lowest BCUT2D eigenvalue weighted by Crippen LogP contribution is -2.61. The van der Waals surface area contributed by atoms with Crippen molar-refractivity contribution in [3.63, 3.8) is 0 Å². The summed E-state index contributed by atoms with van der Waals surface area (Å²) in [5.74, 6) is 0.521. The van der Waals surface area contributed by atoms with Gasteiger partial charge in [0.05, 0.1) is 20.3 Å². The molecule has 1 unspecified atom stereocenters. The number of benzene rings is 1. The van der Waals surface area contributed by atoms with E-state index in [0.29, 0.717) is 13.0 Å². The molecule has 0 spiro atoms. The van der Waals surface area contributed by atoms with Gasteiger partial charge in [0.1, 0.15) is 11.3 Å². The molecule has 0 radical (unpaired) electrons. The molecule has 0 fully saturated rings. The lowest BCUT2D eigenvalue weighted by molar-refractivity contribution is -0.153. The van der Waals surface area contributed by atoms with Crippen molar-refractivity contribution in [3.05, 3.63) is 29.8 Å². The van der Waals surface area contributed by atoms with Gasteiger partial charge >= 0.3 is 5.97 Å². The first-order valence-electron chi connectivity index (χ1n) is 8.32. The van der Waals surface area contributed by atoms with E-state index in [-0.39, 0.29) is 12.1 Å². The van der Waals surface area contributed by atoms with Crippen LogP contribution in [-0.2, 0) is 20.5 Å². The zero-order valence-corrected chi connectivity index (χ0v) is 16.9. The molecule has 24 heavy (non-hydrogen) atoms. The average molecular weight is 354 g/mol. The van der Waals surface area contributed by atoms with E-state index in [1.54, 1.807) is 7.11 Å². The SMILES string of the molecule is CCC(NCc1ccc(OC)cc1)(C(=O)OC)[C@H](C)O[Si](C)(C)C. The second-order valence-electron chi connectivity index (χ2n) is 6.89. The van der Waals surface area contributed by atoms with Gasteiger partial charge in [0, 0.05) is 6.54 Å². The molecule has 0 saturated heterocycles. The highest BCUT2D eigenvalue weighted by Crippen LogP contribution is 2.24. The zero-order chi connectivity index (χ0) is 18.4. The number of carbonyl (C=O) groups excluding carboxylic acids is 1. The van der Waals surface area contributed by atoms with Crippen molar-refractivity contribution in [1.29, 1.82) is 0 Å². The van der Waals surface area contributed by atoms with E-state index >= 15 is 0 Å². The minimum Gasteiger partial charge on any atom is -0.497 e. The molecule has 0 aliphatic heterocycles. The van der Waals surface area contributed by atoms with Gasteiger partial charge in [0.25, 0.3) is 0 Å². The van der Waals surface area contributed by atoms with E-state index in [4.69, 9.17) is 13.9 Å². The van der Waals surface area contributed by atoms with Gasteiger partial charge < -0.3 is 13.9 Å². The first kappa shape index (κ1) is 20.7. The summed E-state index contributed by atoms with van der Waals surface area (Å²) in [6, 6.07) is 7.77. The minimum absolute atomic E-state index is 0.278. The number of nitrogens with one attached hydrogen (secondary N) is 1. The number of hydrogen-bond acceptors (Lipinski definition) is 5. The fourth-order valence-electron chi connectivity index (χ4n) is 2.75. The standard InChI is InChI=1S/C18H31NO4Si/c1-8-18(17(20)22-4,14(2)23-24(5,6)7)19-13-15-9-11-16(21-3)12-10-15/h9-12,14,19H,8,13H2,1-7H3/t14-,18?/m0/s1. The summed E-state index contributed by atoms with van der Waals surface area (Å²) < 4.78 is 16.5. The highest BCUT2D eigenvalue weighted by molar-refractivity contribution is 6.69. The lowest BCUT2D eigenvalue weighted by Gasteiger charge is -2.39. The van der Waals surface area contributed by atoms with Crippen molar-refractivity contribution in [1.82, 2.24) is 5.32 Å². The quantitative estimate of drug-likeness (QED) is 0.545. The molecule has 1 aromatic carbocycles. The Morgan fingerprint density at radius 3 is 2.21 bits per heavy atom. The zero-order valence-electron chi connectivity index (χ0n) is 15.9. The van der Waals surface area contributed by atoms with Crippen LogP contribution in [0.15, 0.2) is 24.3 Å². The van der Waals surface area contributed by atoms with Gasteiger partial charge in [-0.25, -0.2) is 4.79 Å². The van der Waals surface area contributed by atoms with Crippen LogP contribution >= 0.6 is 0 Å². The first-order valence-corrected chi connectivity index (χ1v) is 11.7. The van der Waals surface area contributed by atoms with E-state index in [2.05, 4.69) is 25.0 Å². The van der Waals surface area contributed by atoms with Crippen LogP contribution in [0.3, 0.4) is 0 Å². The molecule has 0 amide bonds. The van der Waals surface area contributed by atoms with E-state index in [1.165, 1.54) is 7.11 Å². The van der Waals surface area contributed by atoms with Crippen molar-refractivity contribution in [2.24, 2.45) is 0 Å². The van der Waals surface area contributed by atoms with Crippen LogP contribution in [0.25, 0.3) is 0 Å². The van der Waals surface area contributed by atoms with Crippen LogP contribution in [0.4, 0.5) is 0 Å². The van der Waals surface area contributed by atoms with E-state index < -0.39 is 13.9 Å². The number of hydrogen-bond donors (Lipinski definition) is 1. The maximum Gasteiger partial charge on any atom is 0.328 e. The summed E-state index contributed by atoms with van der Waals surface area (Å²) in [7, 11) is 1.27. The second kappa shape index (κ2) is 8.64.